The van der Waals surface area contributed by atoms with Crippen molar-refractivity contribution >= 4 is 21.6 Å². The largest absolute Gasteiger partial charge is 0.374 e. The maximum atomic E-state index is 11.9. The molecule has 0 N–H and O–H groups in total. The maximum absolute atomic E-state index is 11.9. The van der Waals surface area contributed by atoms with Crippen molar-refractivity contribution in [2.24, 2.45) is 0 Å². The first-order chi connectivity index (χ1) is 10.8. The van der Waals surface area contributed by atoms with E-state index in [9.17, 15) is 13.2 Å². The maximum Gasteiger partial charge on any atom is 0.225 e. The van der Waals surface area contributed by atoms with Crippen LogP contribution in [0.15, 0.2) is 18.3 Å². The van der Waals surface area contributed by atoms with E-state index in [0.717, 1.165) is 5.82 Å². The molecule has 1 amide bonds. The van der Waals surface area contributed by atoms with Crippen LogP contribution in [0.2, 0.25) is 0 Å². The summed E-state index contributed by atoms with van der Waals surface area (Å²) in [5, 5.41) is 0. The zero-order valence-electron chi connectivity index (χ0n) is 13.3. The van der Waals surface area contributed by atoms with E-state index in [2.05, 4.69) is 9.88 Å². The molecule has 0 saturated carbocycles. The minimum absolute atomic E-state index is 0.00805. The first-order valence-corrected chi connectivity index (χ1v) is 9.64. The molecule has 2 atom stereocenters. The number of carbonyl (C=O) groups excluding carboxylic acids is 1. The van der Waals surface area contributed by atoms with Crippen LogP contribution in [0.25, 0.3) is 0 Å². The van der Waals surface area contributed by atoms with E-state index in [-0.39, 0.29) is 23.8 Å². The van der Waals surface area contributed by atoms with E-state index in [1.54, 1.807) is 17.2 Å². The van der Waals surface area contributed by atoms with Crippen LogP contribution >= 0.6 is 0 Å². The van der Waals surface area contributed by atoms with Gasteiger partial charge in [-0.1, -0.05) is 6.07 Å². The third kappa shape index (κ3) is 3.64. The fourth-order valence-corrected chi connectivity index (χ4v) is 3.91. The molecule has 126 valence electrons. The fourth-order valence-electron chi connectivity index (χ4n) is 3.13. The summed E-state index contributed by atoms with van der Waals surface area (Å²) in [5.74, 6) is 0.877. The minimum Gasteiger partial charge on any atom is -0.374 e. The molecule has 0 aromatic carbocycles. The summed E-state index contributed by atoms with van der Waals surface area (Å²) < 4.78 is 28.4. The topological polar surface area (TPSA) is 79.8 Å². The predicted octanol–water partition coefficient (Wildman–Crippen LogP) is 0.0621. The Bertz CT molecular complexity index is 689. The summed E-state index contributed by atoms with van der Waals surface area (Å²) >= 11 is 0. The van der Waals surface area contributed by atoms with E-state index in [1.165, 1.54) is 6.26 Å². The van der Waals surface area contributed by atoms with Crippen molar-refractivity contribution in [1.82, 2.24) is 9.88 Å². The normalized spacial score (nSPS) is 25.4. The minimum atomic E-state index is -3.06. The van der Waals surface area contributed by atoms with Gasteiger partial charge in [0.25, 0.3) is 0 Å². The van der Waals surface area contributed by atoms with Gasteiger partial charge in [-0.15, -0.1) is 0 Å². The molecule has 8 heteroatoms. The number of ether oxygens (including phenoxy) is 1. The molecular weight excluding hydrogens is 318 g/mol. The Balaban J connectivity index is 1.72. The van der Waals surface area contributed by atoms with Crippen LogP contribution in [-0.4, -0.2) is 69.4 Å². The fraction of sp³-hybridized carbons (Fsp3) is 0.600. The summed E-state index contributed by atoms with van der Waals surface area (Å²) in [4.78, 5) is 20.2. The lowest BCUT2D eigenvalue weighted by Gasteiger charge is -2.25. The molecule has 23 heavy (non-hydrogen) atoms. The number of nitrogens with zero attached hydrogens (tertiary/aromatic N) is 3. The second kappa shape index (κ2) is 6.09. The third-order valence-electron chi connectivity index (χ3n) is 4.34. The lowest BCUT2D eigenvalue weighted by atomic mass is 10.2. The Hall–Kier alpha value is -1.67. The van der Waals surface area contributed by atoms with Gasteiger partial charge in [-0.3, -0.25) is 4.79 Å². The molecule has 1 aromatic rings. The Labute approximate surface area is 136 Å². The molecule has 0 aliphatic carbocycles. The average Bonchev–Trinajstić information content (AvgIpc) is 2.84. The number of aromatic nitrogens is 1. The Morgan fingerprint density at radius 2 is 2.13 bits per heavy atom. The number of pyridine rings is 1. The van der Waals surface area contributed by atoms with Crippen LogP contribution < -0.4 is 4.90 Å². The van der Waals surface area contributed by atoms with Gasteiger partial charge >= 0.3 is 0 Å². The molecule has 0 radical (unpaired) electrons. The van der Waals surface area contributed by atoms with E-state index >= 15 is 0 Å². The number of rotatable bonds is 3. The van der Waals surface area contributed by atoms with Crippen LogP contribution in [0.3, 0.4) is 0 Å². The van der Waals surface area contributed by atoms with Crippen molar-refractivity contribution in [3.8, 4) is 0 Å². The number of likely N-dealkylation sites (N-methyl/N-ethyl adjacent to an activating group) is 1. The summed E-state index contributed by atoms with van der Waals surface area (Å²) in [6.45, 7) is 1.81. The molecule has 0 unspecified atom stereocenters. The second-order valence-corrected chi connectivity index (χ2v) is 8.37. The van der Waals surface area contributed by atoms with E-state index in [0.29, 0.717) is 31.7 Å². The summed E-state index contributed by atoms with van der Waals surface area (Å²) in [5.41, 5.74) is 0.674. The van der Waals surface area contributed by atoms with Crippen LogP contribution in [0.5, 0.6) is 0 Å². The first-order valence-electron chi connectivity index (χ1n) is 7.58. The Kier molecular flexibility index (Phi) is 4.29. The molecule has 1 aromatic heterocycles. The monoisotopic (exact) mass is 339 g/mol. The van der Waals surface area contributed by atoms with Crippen molar-refractivity contribution in [2.75, 3.05) is 37.9 Å². The van der Waals surface area contributed by atoms with Crippen LogP contribution in [-0.2, 0) is 25.1 Å². The van der Waals surface area contributed by atoms with Gasteiger partial charge in [-0.25, -0.2) is 13.4 Å². The number of sulfone groups is 1. The van der Waals surface area contributed by atoms with Crippen molar-refractivity contribution in [3.63, 3.8) is 0 Å². The number of fused-ring (bicyclic) bond motifs is 1. The number of hydrogen-bond acceptors (Lipinski definition) is 6. The Morgan fingerprint density at radius 1 is 1.35 bits per heavy atom. The SMILES string of the molecule is CN1C(=O)CCO[C@H]2CN(c3ccc(CS(C)(=O)=O)cn3)C[C@@H]21. The highest BCUT2D eigenvalue weighted by Crippen LogP contribution is 2.25. The molecule has 3 rings (SSSR count). The molecule has 3 heterocycles. The average molecular weight is 339 g/mol. The molecule has 0 bridgehead atoms. The number of anilines is 1. The standard InChI is InChI=1S/C15H21N3O4S/c1-17-12-8-18(9-13(12)22-6-5-15(17)19)14-4-3-11(7-16-14)10-23(2,20)21/h3-4,7,12-13H,5-6,8-10H2,1-2H3/t12-,13-/m0/s1. The van der Waals surface area contributed by atoms with Gasteiger partial charge < -0.3 is 14.5 Å². The first kappa shape index (κ1) is 16.2. The van der Waals surface area contributed by atoms with Crippen molar-refractivity contribution in [3.05, 3.63) is 23.9 Å². The van der Waals surface area contributed by atoms with Gasteiger partial charge in [0.2, 0.25) is 5.91 Å². The quantitative estimate of drug-likeness (QED) is 0.775. The lowest BCUT2D eigenvalue weighted by Crippen LogP contribution is -2.42. The summed E-state index contributed by atoms with van der Waals surface area (Å²) in [7, 11) is -1.24. The lowest BCUT2D eigenvalue weighted by molar-refractivity contribution is -0.130. The second-order valence-electron chi connectivity index (χ2n) is 6.23. The smallest absolute Gasteiger partial charge is 0.225 e. The van der Waals surface area contributed by atoms with Gasteiger partial charge in [0.05, 0.1) is 30.9 Å². The zero-order chi connectivity index (χ0) is 16.6. The van der Waals surface area contributed by atoms with Gasteiger partial charge in [0, 0.05) is 32.6 Å². The van der Waals surface area contributed by atoms with Gasteiger partial charge in [0.1, 0.15) is 5.82 Å². The summed E-state index contributed by atoms with van der Waals surface area (Å²) in [6.07, 6.45) is 3.23. The van der Waals surface area contributed by atoms with E-state index < -0.39 is 9.84 Å². The molecule has 2 fully saturated rings. The van der Waals surface area contributed by atoms with Crippen molar-refractivity contribution in [2.45, 2.75) is 24.3 Å². The predicted molar refractivity (Wildman–Crippen MR) is 85.9 cm³/mol. The molecule has 2 aliphatic heterocycles. The number of hydrogen-bond donors (Lipinski definition) is 0. The zero-order valence-corrected chi connectivity index (χ0v) is 14.1. The Morgan fingerprint density at radius 3 is 2.78 bits per heavy atom. The highest BCUT2D eigenvalue weighted by atomic mass is 32.2. The van der Waals surface area contributed by atoms with E-state index in [4.69, 9.17) is 4.74 Å². The van der Waals surface area contributed by atoms with Crippen LogP contribution in [0.1, 0.15) is 12.0 Å². The van der Waals surface area contributed by atoms with Crippen LogP contribution in [0.4, 0.5) is 5.82 Å². The van der Waals surface area contributed by atoms with E-state index in [1.807, 2.05) is 13.1 Å². The highest BCUT2D eigenvalue weighted by Gasteiger charge is 2.40. The van der Waals surface area contributed by atoms with Gasteiger partial charge in [-0.05, 0) is 11.6 Å². The van der Waals surface area contributed by atoms with Crippen molar-refractivity contribution in [1.29, 1.82) is 0 Å². The molecule has 7 nitrogen and oxygen atoms in total. The summed E-state index contributed by atoms with van der Waals surface area (Å²) in [6, 6.07) is 3.64. The van der Waals surface area contributed by atoms with Crippen LogP contribution in [0, 0.1) is 0 Å². The van der Waals surface area contributed by atoms with Gasteiger partial charge in [-0.2, -0.15) is 0 Å². The number of amides is 1. The highest BCUT2D eigenvalue weighted by molar-refractivity contribution is 7.89. The molecule has 0 spiro atoms. The molecular formula is C15H21N3O4S. The molecule has 2 saturated heterocycles. The third-order valence-corrected chi connectivity index (χ3v) is 5.20. The number of carbonyl (C=O) groups is 1. The van der Waals surface area contributed by atoms with Crippen molar-refractivity contribution < 1.29 is 17.9 Å². The molecule has 2 aliphatic rings. The van der Waals surface area contributed by atoms with Gasteiger partial charge in [0.15, 0.2) is 9.84 Å².